The minimum atomic E-state index is -0.343. The minimum Gasteiger partial charge on any atom is -0.308 e. The third-order valence-electron chi connectivity index (χ3n) is 7.93. The van der Waals surface area contributed by atoms with E-state index in [1.807, 2.05) is 97.1 Å². The fourth-order valence-corrected chi connectivity index (χ4v) is 6.06. The van der Waals surface area contributed by atoms with Gasteiger partial charge in [0.1, 0.15) is 6.33 Å². The molecule has 0 unspecified atom stereocenters. The Morgan fingerprint density at radius 1 is 0.524 bits per heavy atom. The quantitative estimate of drug-likeness (QED) is 0.214. The van der Waals surface area contributed by atoms with E-state index in [9.17, 15) is 9.59 Å². The first-order valence-electron chi connectivity index (χ1n) is 13.7. The van der Waals surface area contributed by atoms with Crippen LogP contribution in [0.25, 0.3) is 49.7 Å². The van der Waals surface area contributed by atoms with E-state index in [4.69, 9.17) is 0 Å². The molecule has 2 amide bonds. The third kappa shape index (κ3) is 3.52. The fraction of sp³-hybridized carbons (Fsp3) is 0. The first-order valence-corrected chi connectivity index (χ1v) is 13.7. The SMILES string of the molecule is O=C1c2cccc(-n3c4ccccc4c4cccc(-c5cncnc5)c43)c2C(=O)N1c1ccc(-c2ccccc2)cc1. The van der Waals surface area contributed by atoms with Crippen LogP contribution >= 0.6 is 0 Å². The van der Waals surface area contributed by atoms with E-state index < -0.39 is 0 Å². The van der Waals surface area contributed by atoms with Gasteiger partial charge in [0.05, 0.1) is 33.5 Å². The molecule has 0 bridgehead atoms. The van der Waals surface area contributed by atoms with Gasteiger partial charge in [-0.25, -0.2) is 14.9 Å². The average molecular weight is 543 g/mol. The Morgan fingerprint density at radius 3 is 2.00 bits per heavy atom. The number of aromatic nitrogens is 3. The molecule has 0 aliphatic carbocycles. The molecule has 5 aromatic carbocycles. The van der Waals surface area contributed by atoms with Crippen LogP contribution in [0.2, 0.25) is 0 Å². The molecule has 1 aliphatic heterocycles. The summed E-state index contributed by atoms with van der Waals surface area (Å²) in [6.45, 7) is 0. The summed E-state index contributed by atoms with van der Waals surface area (Å²) in [6, 6.07) is 37.3. The van der Waals surface area contributed by atoms with Gasteiger partial charge in [0.2, 0.25) is 0 Å². The molecule has 2 aromatic heterocycles. The molecule has 8 rings (SSSR count). The molecule has 0 spiro atoms. The van der Waals surface area contributed by atoms with E-state index in [-0.39, 0.29) is 11.8 Å². The second-order valence-corrected chi connectivity index (χ2v) is 10.2. The molecule has 42 heavy (non-hydrogen) atoms. The van der Waals surface area contributed by atoms with Crippen LogP contribution in [0.5, 0.6) is 0 Å². The number of anilines is 1. The molecular weight excluding hydrogens is 520 g/mol. The van der Waals surface area contributed by atoms with Crippen molar-refractivity contribution in [1.29, 1.82) is 0 Å². The number of rotatable bonds is 4. The zero-order valence-electron chi connectivity index (χ0n) is 22.3. The van der Waals surface area contributed by atoms with Crippen molar-refractivity contribution in [2.24, 2.45) is 0 Å². The van der Waals surface area contributed by atoms with E-state index in [2.05, 4.69) is 26.7 Å². The Balaban J connectivity index is 1.32. The molecule has 0 N–H and O–H groups in total. The fourth-order valence-electron chi connectivity index (χ4n) is 6.06. The Labute approximate surface area is 241 Å². The maximum absolute atomic E-state index is 14.2. The molecule has 0 fully saturated rings. The summed E-state index contributed by atoms with van der Waals surface area (Å²) in [5.41, 5.74) is 7.71. The predicted molar refractivity (Wildman–Crippen MR) is 165 cm³/mol. The molecule has 0 saturated heterocycles. The average Bonchev–Trinajstić information content (AvgIpc) is 3.53. The van der Waals surface area contributed by atoms with Crippen LogP contribution in [0.4, 0.5) is 5.69 Å². The lowest BCUT2D eigenvalue weighted by Crippen LogP contribution is -2.29. The van der Waals surface area contributed by atoms with Crippen molar-refractivity contribution < 1.29 is 9.59 Å². The van der Waals surface area contributed by atoms with Crippen LogP contribution in [-0.2, 0) is 0 Å². The predicted octanol–water partition coefficient (Wildman–Crippen LogP) is 7.71. The second-order valence-electron chi connectivity index (χ2n) is 10.2. The number of para-hydroxylation sites is 2. The summed E-state index contributed by atoms with van der Waals surface area (Å²) in [5, 5.41) is 2.09. The van der Waals surface area contributed by atoms with Crippen molar-refractivity contribution in [1.82, 2.24) is 14.5 Å². The Hall–Kier alpha value is -5.88. The van der Waals surface area contributed by atoms with Gasteiger partial charge < -0.3 is 4.57 Å². The monoisotopic (exact) mass is 542 g/mol. The van der Waals surface area contributed by atoms with E-state index in [0.717, 1.165) is 44.1 Å². The van der Waals surface area contributed by atoms with E-state index >= 15 is 0 Å². The van der Waals surface area contributed by atoms with Crippen molar-refractivity contribution in [3.63, 3.8) is 0 Å². The van der Waals surface area contributed by atoms with E-state index in [1.54, 1.807) is 18.5 Å². The molecular formula is C36H22N4O2. The smallest absolute Gasteiger partial charge is 0.268 e. The van der Waals surface area contributed by atoms with Gasteiger partial charge in [-0.3, -0.25) is 9.59 Å². The number of benzene rings is 5. The highest BCUT2D eigenvalue weighted by molar-refractivity contribution is 6.36. The van der Waals surface area contributed by atoms with E-state index in [0.29, 0.717) is 22.5 Å². The third-order valence-corrected chi connectivity index (χ3v) is 7.93. The summed E-state index contributed by atoms with van der Waals surface area (Å²) in [5.74, 6) is -0.675. The second kappa shape index (κ2) is 9.35. The molecule has 7 aromatic rings. The topological polar surface area (TPSA) is 68.1 Å². The van der Waals surface area contributed by atoms with Gasteiger partial charge in [0.25, 0.3) is 11.8 Å². The highest BCUT2D eigenvalue weighted by Gasteiger charge is 2.39. The maximum Gasteiger partial charge on any atom is 0.268 e. The van der Waals surface area contributed by atoms with Gasteiger partial charge >= 0.3 is 0 Å². The van der Waals surface area contributed by atoms with Gasteiger partial charge in [0.15, 0.2) is 0 Å². The lowest BCUT2D eigenvalue weighted by Gasteiger charge is -2.16. The summed E-state index contributed by atoms with van der Waals surface area (Å²) in [6.07, 6.45) is 5.08. The number of fused-ring (bicyclic) bond motifs is 4. The standard InChI is InChI=1S/C36H22N4O2/c41-35-30-13-7-15-32(33(30)36(42)39(35)26-18-16-24(17-19-26)23-8-2-1-3-9-23)40-31-14-5-4-10-28(31)29-12-6-11-27(34(29)40)25-20-37-22-38-21-25/h1-22H. The summed E-state index contributed by atoms with van der Waals surface area (Å²) in [4.78, 5) is 37.7. The first kappa shape index (κ1) is 24.0. The van der Waals surface area contributed by atoms with Crippen molar-refractivity contribution in [3.05, 3.63) is 145 Å². The van der Waals surface area contributed by atoms with Crippen LogP contribution in [0.1, 0.15) is 20.7 Å². The number of hydrogen-bond acceptors (Lipinski definition) is 4. The van der Waals surface area contributed by atoms with Crippen LogP contribution in [0.15, 0.2) is 134 Å². The molecule has 0 atom stereocenters. The molecule has 198 valence electrons. The van der Waals surface area contributed by atoms with Gasteiger partial charge in [-0.1, -0.05) is 84.9 Å². The number of carbonyl (C=O) groups is 2. The zero-order chi connectivity index (χ0) is 28.2. The number of hydrogen-bond donors (Lipinski definition) is 0. The van der Waals surface area contributed by atoms with E-state index in [1.165, 1.54) is 11.2 Å². The number of carbonyl (C=O) groups excluding carboxylic acids is 2. The maximum atomic E-state index is 14.2. The highest BCUT2D eigenvalue weighted by atomic mass is 16.2. The Kier molecular flexibility index (Phi) is 5.34. The van der Waals surface area contributed by atoms with Crippen LogP contribution in [-0.4, -0.2) is 26.3 Å². The summed E-state index contributed by atoms with van der Waals surface area (Å²) in [7, 11) is 0. The molecule has 6 heteroatoms. The van der Waals surface area contributed by atoms with Gasteiger partial charge in [-0.2, -0.15) is 0 Å². The minimum absolute atomic E-state index is 0.332. The van der Waals surface area contributed by atoms with Crippen molar-refractivity contribution >= 4 is 39.3 Å². The lowest BCUT2D eigenvalue weighted by molar-refractivity contribution is 0.0926. The summed E-state index contributed by atoms with van der Waals surface area (Å²) < 4.78 is 2.10. The van der Waals surface area contributed by atoms with Crippen LogP contribution in [0.3, 0.4) is 0 Å². The summed E-state index contributed by atoms with van der Waals surface area (Å²) >= 11 is 0. The normalized spacial score (nSPS) is 12.8. The van der Waals surface area contributed by atoms with Crippen molar-refractivity contribution in [3.8, 4) is 27.9 Å². The van der Waals surface area contributed by atoms with Crippen molar-refractivity contribution in [2.75, 3.05) is 4.90 Å². The van der Waals surface area contributed by atoms with Gasteiger partial charge in [0, 0.05) is 34.3 Å². The number of nitrogens with zero attached hydrogens (tertiary/aromatic N) is 4. The van der Waals surface area contributed by atoms with Gasteiger partial charge in [-0.15, -0.1) is 0 Å². The largest absolute Gasteiger partial charge is 0.308 e. The number of amides is 2. The van der Waals surface area contributed by atoms with Crippen LogP contribution in [0, 0.1) is 0 Å². The molecule has 0 radical (unpaired) electrons. The Bertz CT molecular complexity index is 2170. The molecule has 3 heterocycles. The van der Waals surface area contributed by atoms with Crippen LogP contribution < -0.4 is 4.90 Å². The zero-order valence-corrected chi connectivity index (χ0v) is 22.3. The Morgan fingerprint density at radius 2 is 1.19 bits per heavy atom. The molecule has 1 aliphatic rings. The molecule has 6 nitrogen and oxygen atoms in total. The molecule has 0 saturated carbocycles. The van der Waals surface area contributed by atoms with Crippen molar-refractivity contribution in [2.45, 2.75) is 0 Å². The first-order chi connectivity index (χ1) is 20.7. The van der Waals surface area contributed by atoms with Gasteiger partial charge in [-0.05, 0) is 41.5 Å². The number of imide groups is 1. The highest BCUT2D eigenvalue weighted by Crippen LogP contribution is 2.41. The lowest BCUT2D eigenvalue weighted by atomic mass is 10.0.